The van der Waals surface area contributed by atoms with Crippen molar-refractivity contribution in [2.24, 2.45) is 17.6 Å². The van der Waals surface area contributed by atoms with Gasteiger partial charge in [-0.2, -0.15) is 0 Å². The summed E-state index contributed by atoms with van der Waals surface area (Å²) in [5, 5.41) is 11.5. The summed E-state index contributed by atoms with van der Waals surface area (Å²) in [5.41, 5.74) is 5.09. The summed E-state index contributed by atoms with van der Waals surface area (Å²) in [7, 11) is 0. The Morgan fingerprint density at radius 3 is 2.28 bits per heavy atom. The zero-order valence-electron chi connectivity index (χ0n) is 11.8. The van der Waals surface area contributed by atoms with Crippen LogP contribution in [0.4, 0.5) is 0 Å². The number of nitrogens with one attached hydrogen (secondary N) is 1. The van der Waals surface area contributed by atoms with E-state index in [2.05, 4.69) is 5.32 Å². The van der Waals surface area contributed by atoms with Gasteiger partial charge in [0.2, 0.25) is 5.91 Å². The van der Waals surface area contributed by atoms with E-state index in [0.29, 0.717) is 18.9 Å². The van der Waals surface area contributed by atoms with Crippen molar-refractivity contribution in [1.82, 2.24) is 5.32 Å². The number of nitrogens with two attached hydrogens (primary N) is 1. The molecule has 106 valence electrons. The van der Waals surface area contributed by atoms with E-state index in [1.165, 1.54) is 0 Å². The molecule has 0 bridgehead atoms. The van der Waals surface area contributed by atoms with Gasteiger partial charge in [-0.1, -0.05) is 13.8 Å². The van der Waals surface area contributed by atoms with Crippen molar-refractivity contribution >= 4 is 11.9 Å². The molecule has 0 saturated carbocycles. The normalized spacial score (nSPS) is 13.4. The first-order valence-electron chi connectivity index (χ1n) is 6.42. The Morgan fingerprint density at radius 1 is 1.33 bits per heavy atom. The maximum absolute atomic E-state index is 12.0. The molecule has 0 radical (unpaired) electrons. The van der Waals surface area contributed by atoms with Crippen LogP contribution >= 0.6 is 0 Å². The van der Waals surface area contributed by atoms with Crippen molar-refractivity contribution in [2.45, 2.75) is 52.5 Å². The number of amides is 1. The first kappa shape index (κ1) is 16.9. The number of hydrogen-bond donors (Lipinski definition) is 3. The standard InChI is InChI=1S/C13H26N2O3/c1-9(2)7-10(8-14)12(18)15-13(3,4)6-5-11(16)17/h9-10H,5-8,14H2,1-4H3,(H,15,18)(H,16,17). The minimum atomic E-state index is -0.852. The lowest BCUT2D eigenvalue weighted by molar-refractivity contribution is -0.138. The number of hydrogen-bond acceptors (Lipinski definition) is 3. The SMILES string of the molecule is CC(C)CC(CN)C(=O)NC(C)(C)CCC(=O)O. The summed E-state index contributed by atoms with van der Waals surface area (Å²) in [4.78, 5) is 22.6. The highest BCUT2D eigenvalue weighted by Gasteiger charge is 2.26. The van der Waals surface area contributed by atoms with Crippen molar-refractivity contribution in [3.63, 3.8) is 0 Å². The highest BCUT2D eigenvalue weighted by atomic mass is 16.4. The Morgan fingerprint density at radius 2 is 1.89 bits per heavy atom. The molecule has 5 nitrogen and oxygen atoms in total. The van der Waals surface area contributed by atoms with Gasteiger partial charge in [-0.15, -0.1) is 0 Å². The van der Waals surface area contributed by atoms with E-state index >= 15 is 0 Å². The van der Waals surface area contributed by atoms with Crippen molar-refractivity contribution in [1.29, 1.82) is 0 Å². The number of carboxylic acids is 1. The van der Waals surface area contributed by atoms with Crippen LogP contribution in [0.25, 0.3) is 0 Å². The van der Waals surface area contributed by atoms with Crippen molar-refractivity contribution in [2.75, 3.05) is 6.54 Å². The third kappa shape index (κ3) is 7.27. The maximum atomic E-state index is 12.0. The molecular formula is C13H26N2O3. The van der Waals surface area contributed by atoms with Gasteiger partial charge in [-0.05, 0) is 32.6 Å². The average molecular weight is 258 g/mol. The van der Waals surface area contributed by atoms with Crippen LogP contribution in [0.15, 0.2) is 0 Å². The molecule has 5 heteroatoms. The Bertz CT molecular complexity index is 288. The average Bonchev–Trinajstić information content (AvgIpc) is 2.22. The zero-order valence-corrected chi connectivity index (χ0v) is 11.8. The first-order chi connectivity index (χ1) is 8.18. The Labute approximate surface area is 109 Å². The maximum Gasteiger partial charge on any atom is 0.303 e. The lowest BCUT2D eigenvalue weighted by Gasteiger charge is -2.28. The van der Waals surface area contributed by atoms with E-state index in [4.69, 9.17) is 10.8 Å². The minimum absolute atomic E-state index is 0.0464. The summed E-state index contributed by atoms with van der Waals surface area (Å²) in [6.07, 6.45) is 1.20. The fraction of sp³-hybridized carbons (Fsp3) is 0.846. The number of carbonyl (C=O) groups excluding carboxylic acids is 1. The van der Waals surface area contributed by atoms with Gasteiger partial charge in [-0.3, -0.25) is 9.59 Å². The lowest BCUT2D eigenvalue weighted by atomic mass is 9.93. The van der Waals surface area contributed by atoms with E-state index in [0.717, 1.165) is 6.42 Å². The van der Waals surface area contributed by atoms with Gasteiger partial charge < -0.3 is 16.2 Å². The van der Waals surface area contributed by atoms with E-state index in [1.807, 2.05) is 27.7 Å². The van der Waals surface area contributed by atoms with E-state index in [-0.39, 0.29) is 18.2 Å². The Balaban J connectivity index is 4.37. The van der Waals surface area contributed by atoms with Crippen LogP contribution < -0.4 is 11.1 Å². The summed E-state index contributed by atoms with van der Waals surface area (Å²) >= 11 is 0. The molecule has 4 N–H and O–H groups in total. The molecule has 0 rings (SSSR count). The highest BCUT2D eigenvalue weighted by molar-refractivity contribution is 5.79. The second-order valence-corrected chi connectivity index (χ2v) is 5.83. The smallest absolute Gasteiger partial charge is 0.303 e. The molecule has 1 unspecified atom stereocenters. The molecule has 0 aromatic rings. The van der Waals surface area contributed by atoms with Gasteiger partial charge in [0.15, 0.2) is 0 Å². The van der Waals surface area contributed by atoms with E-state index in [9.17, 15) is 9.59 Å². The molecule has 1 amide bonds. The van der Waals surface area contributed by atoms with Crippen LogP contribution in [0.5, 0.6) is 0 Å². The fourth-order valence-corrected chi connectivity index (χ4v) is 1.80. The van der Waals surface area contributed by atoms with Crippen molar-refractivity contribution < 1.29 is 14.7 Å². The minimum Gasteiger partial charge on any atom is -0.481 e. The first-order valence-corrected chi connectivity index (χ1v) is 6.42. The van der Waals surface area contributed by atoms with Crippen LogP contribution in [0, 0.1) is 11.8 Å². The summed E-state index contributed by atoms with van der Waals surface area (Å²) in [6.45, 7) is 8.07. The molecule has 18 heavy (non-hydrogen) atoms. The van der Waals surface area contributed by atoms with Gasteiger partial charge in [0.1, 0.15) is 0 Å². The fourth-order valence-electron chi connectivity index (χ4n) is 1.80. The topological polar surface area (TPSA) is 92.4 Å². The summed E-state index contributed by atoms with van der Waals surface area (Å²) in [5.74, 6) is -0.725. The summed E-state index contributed by atoms with van der Waals surface area (Å²) < 4.78 is 0. The molecular weight excluding hydrogens is 232 g/mol. The monoisotopic (exact) mass is 258 g/mol. The van der Waals surface area contributed by atoms with Gasteiger partial charge in [0.25, 0.3) is 0 Å². The quantitative estimate of drug-likeness (QED) is 0.613. The zero-order chi connectivity index (χ0) is 14.3. The third-order valence-corrected chi connectivity index (χ3v) is 2.84. The molecule has 1 atom stereocenters. The molecule has 0 aliphatic carbocycles. The molecule has 0 fully saturated rings. The molecule has 0 aromatic heterocycles. The van der Waals surface area contributed by atoms with Gasteiger partial charge >= 0.3 is 5.97 Å². The van der Waals surface area contributed by atoms with Gasteiger partial charge in [0.05, 0.1) is 5.92 Å². The predicted molar refractivity (Wildman–Crippen MR) is 71.1 cm³/mol. The molecule has 0 aliphatic rings. The molecule has 0 heterocycles. The van der Waals surface area contributed by atoms with Crippen molar-refractivity contribution in [3.05, 3.63) is 0 Å². The van der Waals surface area contributed by atoms with Crippen LogP contribution in [-0.4, -0.2) is 29.1 Å². The second kappa shape index (κ2) is 7.36. The Hall–Kier alpha value is -1.10. The highest BCUT2D eigenvalue weighted by Crippen LogP contribution is 2.15. The van der Waals surface area contributed by atoms with E-state index in [1.54, 1.807) is 0 Å². The lowest BCUT2D eigenvalue weighted by Crippen LogP contribution is -2.48. The second-order valence-electron chi connectivity index (χ2n) is 5.83. The number of rotatable bonds is 8. The largest absolute Gasteiger partial charge is 0.481 e. The third-order valence-electron chi connectivity index (χ3n) is 2.84. The van der Waals surface area contributed by atoms with Crippen LogP contribution in [0.3, 0.4) is 0 Å². The van der Waals surface area contributed by atoms with Crippen molar-refractivity contribution in [3.8, 4) is 0 Å². The molecule has 0 aromatic carbocycles. The van der Waals surface area contributed by atoms with Gasteiger partial charge in [0, 0.05) is 18.5 Å². The molecule has 0 spiro atoms. The van der Waals surface area contributed by atoms with Crippen LogP contribution in [-0.2, 0) is 9.59 Å². The number of carboxylic acid groups (broad SMARTS) is 1. The van der Waals surface area contributed by atoms with E-state index < -0.39 is 11.5 Å². The predicted octanol–water partition coefficient (Wildman–Crippen LogP) is 1.37. The number of aliphatic carboxylic acids is 1. The van der Waals surface area contributed by atoms with Crippen LogP contribution in [0.2, 0.25) is 0 Å². The van der Waals surface area contributed by atoms with Crippen LogP contribution in [0.1, 0.15) is 47.0 Å². The Kier molecular flexibility index (Phi) is 6.91. The molecule has 0 saturated heterocycles. The summed E-state index contributed by atoms with van der Waals surface area (Å²) in [6, 6.07) is 0. The number of carbonyl (C=O) groups is 2. The van der Waals surface area contributed by atoms with Gasteiger partial charge in [-0.25, -0.2) is 0 Å². The molecule has 0 aliphatic heterocycles.